The van der Waals surface area contributed by atoms with Gasteiger partial charge in [0.05, 0.1) is 18.2 Å². The molecular formula is C16H13N3O4. The molecule has 1 aliphatic rings. The van der Waals surface area contributed by atoms with Crippen molar-refractivity contribution in [3.05, 3.63) is 42.2 Å². The summed E-state index contributed by atoms with van der Waals surface area (Å²) in [7, 11) is 0. The van der Waals surface area contributed by atoms with Crippen molar-refractivity contribution in [2.45, 2.75) is 13.0 Å². The molecule has 7 nitrogen and oxygen atoms in total. The Balaban J connectivity index is 1.72. The molecule has 0 atom stereocenters. The SMILES string of the molecule is N#CCCn1cccc1C(=O)C(=O)Nc1ccc2c(c1)OCO2. The van der Waals surface area contributed by atoms with Crippen molar-refractivity contribution in [3.8, 4) is 17.6 Å². The average molecular weight is 311 g/mol. The van der Waals surface area contributed by atoms with Crippen molar-refractivity contribution in [2.24, 2.45) is 0 Å². The van der Waals surface area contributed by atoms with Crippen LogP contribution in [0.25, 0.3) is 0 Å². The van der Waals surface area contributed by atoms with Gasteiger partial charge in [0.15, 0.2) is 11.5 Å². The maximum absolute atomic E-state index is 12.3. The van der Waals surface area contributed by atoms with E-state index in [1.807, 2.05) is 6.07 Å². The number of aryl methyl sites for hydroxylation is 1. The van der Waals surface area contributed by atoms with Crippen LogP contribution in [0.3, 0.4) is 0 Å². The zero-order chi connectivity index (χ0) is 16.2. The molecule has 23 heavy (non-hydrogen) atoms. The highest BCUT2D eigenvalue weighted by Gasteiger charge is 2.21. The van der Waals surface area contributed by atoms with Crippen LogP contribution in [-0.2, 0) is 11.3 Å². The number of amides is 1. The molecule has 2 heterocycles. The van der Waals surface area contributed by atoms with Crippen molar-refractivity contribution >= 4 is 17.4 Å². The molecule has 0 unspecified atom stereocenters. The van der Waals surface area contributed by atoms with E-state index in [-0.39, 0.29) is 18.9 Å². The number of ketones is 1. The molecule has 1 aliphatic heterocycles. The lowest BCUT2D eigenvalue weighted by molar-refractivity contribution is -0.112. The van der Waals surface area contributed by atoms with Crippen molar-refractivity contribution in [1.82, 2.24) is 4.57 Å². The van der Waals surface area contributed by atoms with Gasteiger partial charge in [-0.1, -0.05) is 0 Å². The number of nitriles is 1. The number of rotatable bonds is 5. The summed E-state index contributed by atoms with van der Waals surface area (Å²) in [5, 5.41) is 11.2. The van der Waals surface area contributed by atoms with Crippen molar-refractivity contribution < 1.29 is 19.1 Å². The molecule has 0 radical (unpaired) electrons. The third-order valence-electron chi connectivity index (χ3n) is 3.36. The molecule has 1 N–H and O–H groups in total. The number of nitrogens with one attached hydrogen (secondary N) is 1. The first-order chi connectivity index (χ1) is 11.2. The molecule has 1 aromatic carbocycles. The summed E-state index contributed by atoms with van der Waals surface area (Å²) in [5.41, 5.74) is 0.696. The number of ether oxygens (including phenoxy) is 2. The highest BCUT2D eigenvalue weighted by Crippen LogP contribution is 2.34. The molecule has 3 rings (SSSR count). The van der Waals surface area contributed by atoms with Crippen LogP contribution in [0.15, 0.2) is 36.5 Å². The van der Waals surface area contributed by atoms with Gasteiger partial charge in [0.25, 0.3) is 11.7 Å². The van der Waals surface area contributed by atoms with Gasteiger partial charge in [-0.25, -0.2) is 0 Å². The third kappa shape index (κ3) is 3.01. The minimum Gasteiger partial charge on any atom is -0.454 e. The Hall–Kier alpha value is -3.27. The Morgan fingerprint density at radius 1 is 1.26 bits per heavy atom. The van der Waals surface area contributed by atoms with Crippen LogP contribution in [0.5, 0.6) is 11.5 Å². The molecule has 0 fully saturated rings. The molecule has 1 amide bonds. The zero-order valence-electron chi connectivity index (χ0n) is 12.1. The van der Waals surface area contributed by atoms with Gasteiger partial charge in [-0.3, -0.25) is 9.59 Å². The summed E-state index contributed by atoms with van der Waals surface area (Å²) in [6.45, 7) is 0.500. The monoisotopic (exact) mass is 311 g/mol. The molecule has 7 heteroatoms. The van der Waals surface area contributed by atoms with E-state index in [1.165, 1.54) is 0 Å². The second kappa shape index (κ2) is 6.23. The van der Waals surface area contributed by atoms with Gasteiger partial charge in [0.1, 0.15) is 0 Å². The lowest BCUT2D eigenvalue weighted by Gasteiger charge is -2.08. The number of carbonyl (C=O) groups excluding carboxylic acids is 2. The van der Waals surface area contributed by atoms with Crippen LogP contribution < -0.4 is 14.8 Å². The fourth-order valence-electron chi connectivity index (χ4n) is 2.26. The minimum absolute atomic E-state index is 0.137. The summed E-state index contributed by atoms with van der Waals surface area (Å²) < 4.78 is 12.0. The molecule has 1 aromatic heterocycles. The van der Waals surface area contributed by atoms with Crippen LogP contribution in [-0.4, -0.2) is 23.1 Å². The fourth-order valence-corrected chi connectivity index (χ4v) is 2.26. The quantitative estimate of drug-likeness (QED) is 0.673. The van der Waals surface area contributed by atoms with Gasteiger partial charge < -0.3 is 19.4 Å². The Morgan fingerprint density at radius 2 is 2.09 bits per heavy atom. The van der Waals surface area contributed by atoms with Gasteiger partial charge in [0.2, 0.25) is 6.79 Å². The number of nitrogens with zero attached hydrogens (tertiary/aromatic N) is 2. The normalized spacial score (nSPS) is 11.8. The summed E-state index contributed by atoms with van der Waals surface area (Å²) in [6, 6.07) is 10.1. The summed E-state index contributed by atoms with van der Waals surface area (Å²) in [4.78, 5) is 24.4. The van der Waals surface area contributed by atoms with E-state index in [2.05, 4.69) is 5.32 Å². The average Bonchev–Trinajstić information content (AvgIpc) is 3.20. The van der Waals surface area contributed by atoms with Crippen molar-refractivity contribution in [3.63, 3.8) is 0 Å². The maximum atomic E-state index is 12.3. The smallest absolute Gasteiger partial charge is 0.298 e. The van der Waals surface area contributed by atoms with Crippen LogP contribution in [0.4, 0.5) is 5.69 Å². The summed E-state index contributed by atoms with van der Waals surface area (Å²) >= 11 is 0. The Morgan fingerprint density at radius 3 is 2.91 bits per heavy atom. The number of hydrogen-bond acceptors (Lipinski definition) is 5. The first-order valence-corrected chi connectivity index (χ1v) is 6.96. The highest BCUT2D eigenvalue weighted by molar-refractivity contribution is 6.46. The lowest BCUT2D eigenvalue weighted by Crippen LogP contribution is -2.25. The topological polar surface area (TPSA) is 93.4 Å². The molecule has 2 aromatic rings. The van der Waals surface area contributed by atoms with Gasteiger partial charge in [-0.15, -0.1) is 0 Å². The van der Waals surface area contributed by atoms with Crippen LogP contribution >= 0.6 is 0 Å². The lowest BCUT2D eigenvalue weighted by atomic mass is 10.2. The number of hydrogen-bond donors (Lipinski definition) is 1. The van der Waals surface area contributed by atoms with E-state index >= 15 is 0 Å². The molecule has 116 valence electrons. The van der Waals surface area contributed by atoms with Crippen LogP contribution in [0, 0.1) is 11.3 Å². The van der Waals surface area contributed by atoms with Crippen LogP contribution in [0.2, 0.25) is 0 Å². The molecular weight excluding hydrogens is 298 g/mol. The van der Waals surface area contributed by atoms with E-state index in [0.29, 0.717) is 23.7 Å². The summed E-state index contributed by atoms with van der Waals surface area (Å²) in [6.07, 6.45) is 1.93. The zero-order valence-corrected chi connectivity index (χ0v) is 12.1. The molecule has 0 aliphatic carbocycles. The number of Topliss-reactive ketones (excluding diaryl/α,β-unsaturated/α-hetero) is 1. The fraction of sp³-hybridized carbons (Fsp3) is 0.188. The largest absolute Gasteiger partial charge is 0.454 e. The second-order valence-electron chi connectivity index (χ2n) is 4.85. The van der Waals surface area contributed by atoms with Gasteiger partial charge in [0, 0.05) is 24.5 Å². The Kier molecular flexibility index (Phi) is 3.97. The number of fused-ring (bicyclic) bond motifs is 1. The van der Waals surface area contributed by atoms with Gasteiger partial charge in [-0.05, 0) is 24.3 Å². The van der Waals surface area contributed by atoms with Crippen molar-refractivity contribution in [1.29, 1.82) is 5.26 Å². The van der Waals surface area contributed by atoms with Crippen LogP contribution in [0.1, 0.15) is 16.9 Å². The first kappa shape index (κ1) is 14.7. The Bertz CT molecular complexity index is 804. The molecule has 0 saturated heterocycles. The molecule has 0 bridgehead atoms. The first-order valence-electron chi connectivity index (χ1n) is 6.96. The van der Waals surface area contributed by atoms with E-state index < -0.39 is 11.7 Å². The minimum atomic E-state index is -0.749. The van der Waals surface area contributed by atoms with E-state index in [9.17, 15) is 9.59 Å². The summed E-state index contributed by atoms with van der Waals surface area (Å²) in [5.74, 6) is -0.293. The maximum Gasteiger partial charge on any atom is 0.298 e. The number of carbonyl (C=O) groups is 2. The van der Waals surface area contributed by atoms with E-state index in [1.54, 1.807) is 41.1 Å². The predicted octanol–water partition coefficient (Wildman–Crippen LogP) is 1.95. The highest BCUT2D eigenvalue weighted by atomic mass is 16.7. The number of anilines is 1. The molecule has 0 spiro atoms. The van der Waals surface area contributed by atoms with Gasteiger partial charge >= 0.3 is 0 Å². The number of benzene rings is 1. The third-order valence-corrected chi connectivity index (χ3v) is 3.36. The number of aromatic nitrogens is 1. The van der Waals surface area contributed by atoms with E-state index in [4.69, 9.17) is 14.7 Å². The second-order valence-corrected chi connectivity index (χ2v) is 4.85. The standard InChI is InChI=1S/C16H13N3O4/c17-6-2-8-19-7-1-3-12(19)15(20)16(21)18-11-4-5-13-14(9-11)23-10-22-13/h1,3-5,7,9H,2,8,10H2,(H,18,21). The van der Waals surface area contributed by atoms with Gasteiger partial charge in [-0.2, -0.15) is 5.26 Å². The Labute approximate surface area is 132 Å². The predicted molar refractivity (Wildman–Crippen MR) is 80.2 cm³/mol. The van der Waals surface area contributed by atoms with Crippen molar-refractivity contribution in [2.75, 3.05) is 12.1 Å². The molecule has 0 saturated carbocycles. The van der Waals surface area contributed by atoms with E-state index in [0.717, 1.165) is 0 Å².